The molecule has 1 N–H and O–H groups in total. The van der Waals surface area contributed by atoms with Crippen LogP contribution in [0.25, 0.3) is 0 Å². The van der Waals surface area contributed by atoms with Crippen LogP contribution in [0.1, 0.15) is 58.8 Å². The Balaban J connectivity index is 3.39. The van der Waals surface area contributed by atoms with Crippen LogP contribution in [-0.4, -0.2) is 13.1 Å². The van der Waals surface area contributed by atoms with E-state index in [1.54, 1.807) is 0 Å². The molecule has 0 saturated carbocycles. The van der Waals surface area contributed by atoms with Crippen molar-refractivity contribution in [3.8, 4) is 0 Å². The van der Waals surface area contributed by atoms with Crippen molar-refractivity contribution in [2.24, 2.45) is 5.92 Å². The second-order valence-corrected chi connectivity index (χ2v) is 4.88. The van der Waals surface area contributed by atoms with Gasteiger partial charge in [-0.1, -0.05) is 32.8 Å². The number of hydrogen-bond donors (Lipinski definition) is 1. The first-order valence-corrected chi connectivity index (χ1v) is 6.48. The molecule has 1 heteroatoms. The molecule has 0 radical (unpaired) electrons. The van der Waals surface area contributed by atoms with Gasteiger partial charge in [-0.15, -0.1) is 6.58 Å². The molecule has 0 rings (SSSR count). The first-order chi connectivity index (χ1) is 7.20. The summed E-state index contributed by atoms with van der Waals surface area (Å²) < 4.78 is 0. The lowest BCUT2D eigenvalue weighted by atomic mass is 9.99. The quantitative estimate of drug-likeness (QED) is 0.423. The second-order valence-electron chi connectivity index (χ2n) is 4.88. The minimum atomic E-state index is 0.733. The number of nitrogens with one attached hydrogen (secondary N) is 1. The molecule has 90 valence electrons. The molecule has 0 bridgehead atoms. The van der Waals surface area contributed by atoms with E-state index in [-0.39, 0.29) is 0 Å². The highest BCUT2D eigenvalue weighted by Crippen LogP contribution is 2.12. The predicted octanol–water partition coefficient (Wildman–Crippen LogP) is 4.15. The van der Waals surface area contributed by atoms with Crippen molar-refractivity contribution in [2.75, 3.05) is 7.05 Å². The van der Waals surface area contributed by atoms with Crippen LogP contribution >= 0.6 is 0 Å². The third kappa shape index (κ3) is 9.99. The summed E-state index contributed by atoms with van der Waals surface area (Å²) in [7, 11) is 2.09. The summed E-state index contributed by atoms with van der Waals surface area (Å²) in [6, 6.07) is 0.733. The van der Waals surface area contributed by atoms with Gasteiger partial charge in [-0.25, -0.2) is 0 Å². The van der Waals surface area contributed by atoms with Crippen LogP contribution in [0.2, 0.25) is 0 Å². The van der Waals surface area contributed by atoms with Crippen LogP contribution in [0.15, 0.2) is 12.7 Å². The highest BCUT2D eigenvalue weighted by molar-refractivity contribution is 4.68. The molecular weight excluding hydrogens is 182 g/mol. The highest BCUT2D eigenvalue weighted by Gasteiger charge is 2.06. The van der Waals surface area contributed by atoms with Crippen molar-refractivity contribution in [2.45, 2.75) is 64.8 Å². The number of allylic oxidation sites excluding steroid dienone is 1. The Morgan fingerprint density at radius 1 is 1.07 bits per heavy atom. The molecule has 15 heavy (non-hydrogen) atoms. The maximum Gasteiger partial charge on any atom is 0.00641 e. The van der Waals surface area contributed by atoms with Crippen LogP contribution in [0.3, 0.4) is 0 Å². The molecule has 0 fully saturated rings. The Morgan fingerprint density at radius 2 is 1.80 bits per heavy atom. The Hall–Kier alpha value is -0.300. The van der Waals surface area contributed by atoms with Gasteiger partial charge >= 0.3 is 0 Å². The molecule has 0 aromatic rings. The van der Waals surface area contributed by atoms with E-state index < -0.39 is 0 Å². The summed E-state index contributed by atoms with van der Waals surface area (Å²) in [5.74, 6) is 0.835. The molecule has 1 unspecified atom stereocenters. The van der Waals surface area contributed by atoms with Gasteiger partial charge in [-0.2, -0.15) is 0 Å². The Kier molecular flexibility index (Phi) is 10.0. The standard InChI is InChI=1S/C14H29N/c1-5-6-7-8-9-10-14(15-4)12-11-13(2)3/h5,13-15H,1,6-12H2,2-4H3. The van der Waals surface area contributed by atoms with E-state index in [0.29, 0.717) is 0 Å². The monoisotopic (exact) mass is 211 g/mol. The molecule has 0 aliphatic heterocycles. The van der Waals surface area contributed by atoms with Crippen molar-refractivity contribution >= 4 is 0 Å². The molecule has 0 aromatic heterocycles. The minimum Gasteiger partial charge on any atom is -0.317 e. The van der Waals surface area contributed by atoms with Gasteiger partial charge < -0.3 is 5.32 Å². The zero-order valence-electron chi connectivity index (χ0n) is 10.9. The number of rotatable bonds is 10. The van der Waals surface area contributed by atoms with Gasteiger partial charge in [0, 0.05) is 6.04 Å². The Morgan fingerprint density at radius 3 is 2.33 bits per heavy atom. The molecule has 0 aliphatic rings. The summed E-state index contributed by atoms with van der Waals surface area (Å²) >= 11 is 0. The summed E-state index contributed by atoms with van der Waals surface area (Å²) in [4.78, 5) is 0. The van der Waals surface area contributed by atoms with Crippen LogP contribution in [-0.2, 0) is 0 Å². The summed E-state index contributed by atoms with van der Waals surface area (Å²) in [5, 5.41) is 3.43. The van der Waals surface area contributed by atoms with E-state index in [1.165, 1.54) is 44.9 Å². The van der Waals surface area contributed by atoms with Crippen molar-refractivity contribution in [1.82, 2.24) is 5.32 Å². The number of unbranched alkanes of at least 4 members (excludes halogenated alkanes) is 3. The fourth-order valence-electron chi connectivity index (χ4n) is 1.82. The van der Waals surface area contributed by atoms with Crippen molar-refractivity contribution < 1.29 is 0 Å². The van der Waals surface area contributed by atoms with E-state index >= 15 is 0 Å². The average molecular weight is 211 g/mol. The fraction of sp³-hybridized carbons (Fsp3) is 0.857. The Bertz CT molecular complexity index is 140. The largest absolute Gasteiger partial charge is 0.317 e. The van der Waals surface area contributed by atoms with Gasteiger partial charge in [0.15, 0.2) is 0 Å². The molecule has 0 heterocycles. The van der Waals surface area contributed by atoms with Gasteiger partial charge in [0.25, 0.3) is 0 Å². The van der Waals surface area contributed by atoms with E-state index in [4.69, 9.17) is 0 Å². The first kappa shape index (κ1) is 14.7. The molecule has 1 nitrogen and oxygen atoms in total. The second kappa shape index (κ2) is 10.2. The topological polar surface area (TPSA) is 12.0 Å². The van der Waals surface area contributed by atoms with E-state index in [9.17, 15) is 0 Å². The lowest BCUT2D eigenvalue weighted by Crippen LogP contribution is -2.25. The average Bonchev–Trinajstić information content (AvgIpc) is 2.22. The molecule has 0 amide bonds. The van der Waals surface area contributed by atoms with Crippen LogP contribution < -0.4 is 5.32 Å². The third-order valence-corrected chi connectivity index (χ3v) is 2.96. The lowest BCUT2D eigenvalue weighted by molar-refractivity contribution is 0.418. The van der Waals surface area contributed by atoms with E-state index in [1.807, 2.05) is 6.08 Å². The number of hydrogen-bond acceptors (Lipinski definition) is 1. The normalized spacial score (nSPS) is 13.1. The third-order valence-electron chi connectivity index (χ3n) is 2.96. The molecule has 0 aromatic carbocycles. The smallest absolute Gasteiger partial charge is 0.00641 e. The molecule has 0 saturated heterocycles. The Labute approximate surface area is 96.3 Å². The van der Waals surface area contributed by atoms with Gasteiger partial charge in [-0.3, -0.25) is 0 Å². The summed E-state index contributed by atoms with van der Waals surface area (Å²) in [5.41, 5.74) is 0. The highest BCUT2D eigenvalue weighted by atomic mass is 14.9. The summed E-state index contributed by atoms with van der Waals surface area (Å²) in [6.45, 7) is 8.35. The SMILES string of the molecule is C=CCCCCCC(CCC(C)C)NC. The molecule has 0 spiro atoms. The van der Waals surface area contributed by atoms with Gasteiger partial charge in [-0.05, 0) is 45.1 Å². The molecule has 0 aliphatic carbocycles. The van der Waals surface area contributed by atoms with E-state index in [0.717, 1.165) is 12.0 Å². The van der Waals surface area contributed by atoms with Crippen LogP contribution in [0.5, 0.6) is 0 Å². The molecule has 1 atom stereocenters. The van der Waals surface area contributed by atoms with Gasteiger partial charge in [0.05, 0.1) is 0 Å². The zero-order chi connectivity index (χ0) is 11.5. The van der Waals surface area contributed by atoms with Crippen molar-refractivity contribution in [3.63, 3.8) is 0 Å². The van der Waals surface area contributed by atoms with Crippen molar-refractivity contribution in [3.05, 3.63) is 12.7 Å². The maximum absolute atomic E-state index is 3.75. The van der Waals surface area contributed by atoms with Gasteiger partial charge in [0.1, 0.15) is 0 Å². The summed E-state index contributed by atoms with van der Waals surface area (Å²) in [6.07, 6.45) is 11.2. The van der Waals surface area contributed by atoms with Crippen LogP contribution in [0.4, 0.5) is 0 Å². The lowest BCUT2D eigenvalue weighted by Gasteiger charge is -2.17. The zero-order valence-corrected chi connectivity index (χ0v) is 10.9. The maximum atomic E-state index is 3.75. The minimum absolute atomic E-state index is 0.733. The predicted molar refractivity (Wildman–Crippen MR) is 70.2 cm³/mol. The van der Waals surface area contributed by atoms with Crippen LogP contribution in [0, 0.1) is 5.92 Å². The molecular formula is C14H29N. The van der Waals surface area contributed by atoms with E-state index in [2.05, 4.69) is 32.8 Å². The van der Waals surface area contributed by atoms with Gasteiger partial charge in [0.2, 0.25) is 0 Å². The van der Waals surface area contributed by atoms with Crippen molar-refractivity contribution in [1.29, 1.82) is 0 Å². The first-order valence-electron chi connectivity index (χ1n) is 6.48. The fourth-order valence-corrected chi connectivity index (χ4v) is 1.82.